The summed E-state index contributed by atoms with van der Waals surface area (Å²) in [6.07, 6.45) is -0.931. The van der Waals surface area contributed by atoms with Crippen LogP contribution in [-0.2, 0) is 48.7 Å². The molecular weight excluding hydrogens is 819 g/mol. The molecule has 62 heavy (non-hydrogen) atoms. The molecule has 5 atom stereocenters. The lowest BCUT2D eigenvalue weighted by molar-refractivity contribution is -0.268. The number of hydrogen-bond acceptors (Lipinski definition) is 8. The first-order chi connectivity index (χ1) is 29.9. The molecule has 1 aliphatic heterocycles. The molecule has 6 aromatic carbocycles. The quantitative estimate of drug-likeness (QED) is 0.0707. The first kappa shape index (κ1) is 44.5. The van der Waals surface area contributed by atoms with E-state index in [0.717, 1.165) is 55.1 Å². The van der Waals surface area contributed by atoms with Crippen LogP contribution in [0.15, 0.2) is 161 Å². The molecule has 7 rings (SSSR count). The van der Waals surface area contributed by atoms with E-state index in [1.807, 2.05) is 134 Å². The molecule has 10 nitrogen and oxygen atoms in total. The summed E-state index contributed by atoms with van der Waals surface area (Å²) in [7, 11) is -3.99. The van der Waals surface area contributed by atoms with Crippen LogP contribution in [0.3, 0.4) is 0 Å². The van der Waals surface area contributed by atoms with Crippen molar-refractivity contribution in [3.8, 4) is 11.1 Å². The van der Waals surface area contributed by atoms with E-state index in [-0.39, 0.29) is 48.5 Å². The van der Waals surface area contributed by atoms with Gasteiger partial charge in [-0.1, -0.05) is 128 Å². The molecule has 1 saturated heterocycles. The Kier molecular flexibility index (Phi) is 14.7. The van der Waals surface area contributed by atoms with E-state index in [0.29, 0.717) is 5.75 Å². The maximum absolute atomic E-state index is 13.8. The van der Waals surface area contributed by atoms with Crippen LogP contribution >= 0.6 is 11.8 Å². The number of nitrogens with one attached hydrogen (secondary N) is 3. The van der Waals surface area contributed by atoms with Gasteiger partial charge in [-0.05, 0) is 83.1 Å². The molecule has 0 bridgehead atoms. The van der Waals surface area contributed by atoms with Crippen molar-refractivity contribution in [2.24, 2.45) is 5.92 Å². The SMILES string of the molecule is CC(=O)Nc1ccc(SC[C@@H]2O[C@H](c3ccc(-c4ccccc4CNC(=O)[C@@H](Cc4ccccc4)NS(=O)(=O)c4ccc(C)cc4)cc3)O[C@H](c3ccc(CO)cc3)[C@@H]2C)cc1. The van der Waals surface area contributed by atoms with E-state index < -0.39 is 28.3 Å². The van der Waals surface area contributed by atoms with Gasteiger partial charge in [0.25, 0.3) is 0 Å². The third-order valence-corrected chi connectivity index (χ3v) is 13.5. The second-order valence-corrected chi connectivity index (χ2v) is 18.3. The third kappa shape index (κ3) is 11.4. The summed E-state index contributed by atoms with van der Waals surface area (Å²) in [5.74, 6) is 0.115. The van der Waals surface area contributed by atoms with Gasteiger partial charge in [-0.15, -0.1) is 11.8 Å². The van der Waals surface area contributed by atoms with Crippen LogP contribution in [0.2, 0.25) is 0 Å². The van der Waals surface area contributed by atoms with Gasteiger partial charge in [0.1, 0.15) is 6.04 Å². The number of aryl methyl sites for hydroxylation is 1. The summed E-state index contributed by atoms with van der Waals surface area (Å²) >= 11 is 1.68. The van der Waals surface area contributed by atoms with Gasteiger partial charge < -0.3 is 25.2 Å². The molecular formula is C50H51N3O7S2. The van der Waals surface area contributed by atoms with Crippen molar-refractivity contribution in [2.45, 2.75) is 74.7 Å². The lowest BCUT2D eigenvalue weighted by Gasteiger charge is -2.41. The molecule has 320 valence electrons. The van der Waals surface area contributed by atoms with Gasteiger partial charge in [0.05, 0.1) is 23.7 Å². The zero-order valence-corrected chi connectivity index (χ0v) is 36.5. The van der Waals surface area contributed by atoms with E-state index in [4.69, 9.17) is 9.47 Å². The first-order valence-corrected chi connectivity index (χ1v) is 23.0. The van der Waals surface area contributed by atoms with Crippen molar-refractivity contribution < 1.29 is 32.6 Å². The monoisotopic (exact) mass is 869 g/mol. The summed E-state index contributed by atoms with van der Waals surface area (Å²) in [6.45, 7) is 5.63. The van der Waals surface area contributed by atoms with E-state index in [1.54, 1.807) is 23.9 Å². The molecule has 2 amide bonds. The number of carbonyl (C=O) groups is 2. The number of carbonyl (C=O) groups excluding carboxylic acids is 2. The number of hydrogen-bond donors (Lipinski definition) is 4. The van der Waals surface area contributed by atoms with Gasteiger partial charge in [-0.2, -0.15) is 4.72 Å². The summed E-state index contributed by atoms with van der Waals surface area (Å²) in [6, 6.07) is 46.2. The standard InChI is InChI=1S/C50H51N3O7S2/c1-33-13-27-44(28-14-33)62(57,58)53-46(29-36-9-5-4-6-10-36)49(56)51-30-41-11-7-8-12-45(41)38-19-21-40(22-20-38)50-59-47(32-61-43-25-23-42(24-26-43)52-35(3)55)34(2)48(60-50)39-17-15-37(31-54)16-18-39/h4-28,34,46-48,50,53-54H,29-32H2,1-3H3,(H,51,56)(H,52,55)/t34-,46-,47+,48+,50+/m1/s1. The largest absolute Gasteiger partial charge is 0.392 e. The highest BCUT2D eigenvalue weighted by molar-refractivity contribution is 7.99. The van der Waals surface area contributed by atoms with Crippen molar-refractivity contribution in [2.75, 3.05) is 11.1 Å². The number of aliphatic hydroxyl groups excluding tert-OH is 1. The summed E-state index contributed by atoms with van der Waals surface area (Å²) in [5, 5.41) is 15.5. The molecule has 0 radical (unpaired) electrons. The molecule has 0 aromatic heterocycles. The van der Waals surface area contributed by atoms with Crippen molar-refractivity contribution in [1.82, 2.24) is 10.0 Å². The van der Waals surface area contributed by atoms with Crippen LogP contribution < -0.4 is 15.4 Å². The van der Waals surface area contributed by atoms with Crippen LogP contribution in [0.25, 0.3) is 11.1 Å². The maximum Gasteiger partial charge on any atom is 0.241 e. The molecule has 4 N–H and O–H groups in total. The molecule has 1 heterocycles. The summed E-state index contributed by atoms with van der Waals surface area (Å²) in [5.41, 5.74) is 7.87. The van der Waals surface area contributed by atoms with Gasteiger partial charge in [0.15, 0.2) is 6.29 Å². The second kappa shape index (κ2) is 20.5. The van der Waals surface area contributed by atoms with Crippen LogP contribution in [-0.4, -0.2) is 43.2 Å². The fourth-order valence-electron chi connectivity index (χ4n) is 7.42. The van der Waals surface area contributed by atoms with Crippen molar-refractivity contribution >= 4 is 39.3 Å². The Hall–Kier alpha value is -5.60. The topological polar surface area (TPSA) is 143 Å². The lowest BCUT2D eigenvalue weighted by Crippen LogP contribution is -2.47. The highest BCUT2D eigenvalue weighted by atomic mass is 32.2. The number of aliphatic hydroxyl groups is 1. The Morgan fingerprint density at radius 1 is 0.758 bits per heavy atom. The van der Waals surface area contributed by atoms with Crippen molar-refractivity contribution in [1.29, 1.82) is 0 Å². The first-order valence-electron chi connectivity index (χ1n) is 20.6. The summed E-state index contributed by atoms with van der Waals surface area (Å²) < 4.78 is 43.0. The second-order valence-electron chi connectivity index (χ2n) is 15.5. The molecule has 0 spiro atoms. The van der Waals surface area contributed by atoms with E-state index in [9.17, 15) is 23.1 Å². The van der Waals surface area contributed by atoms with E-state index in [1.165, 1.54) is 19.1 Å². The minimum atomic E-state index is -3.99. The molecule has 6 aromatic rings. The van der Waals surface area contributed by atoms with Crippen LogP contribution in [0, 0.1) is 12.8 Å². The average Bonchev–Trinajstić information content (AvgIpc) is 3.28. The fraction of sp³-hybridized carbons (Fsp3) is 0.240. The number of ether oxygens (including phenoxy) is 2. The zero-order chi connectivity index (χ0) is 43.6. The predicted molar refractivity (Wildman–Crippen MR) is 244 cm³/mol. The maximum atomic E-state index is 13.8. The zero-order valence-electron chi connectivity index (χ0n) is 34.9. The Labute approximate surface area is 368 Å². The van der Waals surface area contributed by atoms with Crippen LogP contribution in [0.5, 0.6) is 0 Å². The van der Waals surface area contributed by atoms with Gasteiger partial charge in [0, 0.05) is 41.3 Å². The van der Waals surface area contributed by atoms with Crippen molar-refractivity contribution in [3.05, 3.63) is 185 Å². The highest BCUT2D eigenvalue weighted by Crippen LogP contribution is 2.43. The number of amides is 2. The van der Waals surface area contributed by atoms with Crippen LogP contribution in [0.4, 0.5) is 5.69 Å². The van der Waals surface area contributed by atoms with Gasteiger partial charge in [-0.3, -0.25) is 9.59 Å². The van der Waals surface area contributed by atoms with Gasteiger partial charge >= 0.3 is 0 Å². The molecule has 12 heteroatoms. The average molecular weight is 870 g/mol. The molecule has 1 aliphatic rings. The number of benzene rings is 6. The summed E-state index contributed by atoms with van der Waals surface area (Å²) in [4.78, 5) is 26.5. The van der Waals surface area contributed by atoms with E-state index in [2.05, 4.69) is 22.3 Å². The molecule has 0 saturated carbocycles. The predicted octanol–water partition coefficient (Wildman–Crippen LogP) is 8.90. The Morgan fingerprint density at radius 3 is 2.10 bits per heavy atom. The third-order valence-electron chi connectivity index (χ3n) is 10.9. The van der Waals surface area contributed by atoms with Gasteiger partial charge in [-0.25, -0.2) is 8.42 Å². The Bertz CT molecular complexity index is 2540. The molecule has 1 fully saturated rings. The van der Waals surface area contributed by atoms with E-state index >= 15 is 0 Å². The van der Waals surface area contributed by atoms with Crippen molar-refractivity contribution in [3.63, 3.8) is 0 Å². The minimum absolute atomic E-state index is 0.00365. The smallest absolute Gasteiger partial charge is 0.241 e. The minimum Gasteiger partial charge on any atom is -0.392 e. The fourth-order valence-corrected chi connectivity index (χ4v) is 9.68. The highest BCUT2D eigenvalue weighted by Gasteiger charge is 2.38. The normalized spacial score (nSPS) is 18.1. The molecule has 0 unspecified atom stereocenters. The number of sulfonamides is 1. The number of rotatable bonds is 16. The molecule has 0 aliphatic carbocycles. The number of thioether (sulfide) groups is 1. The Balaban J connectivity index is 1.07. The van der Waals surface area contributed by atoms with Gasteiger partial charge in [0.2, 0.25) is 21.8 Å². The Morgan fingerprint density at radius 2 is 1.42 bits per heavy atom. The lowest BCUT2D eigenvalue weighted by atomic mass is 9.91. The number of anilines is 1. The van der Waals surface area contributed by atoms with Crippen LogP contribution in [0.1, 0.15) is 59.6 Å².